The van der Waals surface area contributed by atoms with Gasteiger partial charge in [0.25, 0.3) is 0 Å². The first-order valence-electron chi connectivity index (χ1n) is 5.82. The van der Waals surface area contributed by atoms with Crippen LogP contribution < -0.4 is 5.73 Å². The zero-order valence-corrected chi connectivity index (χ0v) is 9.63. The van der Waals surface area contributed by atoms with Gasteiger partial charge in [-0.05, 0) is 24.8 Å². The molecule has 0 bridgehead atoms. The number of rotatable bonds is 3. The van der Waals surface area contributed by atoms with Crippen LogP contribution in [0.3, 0.4) is 0 Å². The number of nitrogens with two attached hydrogens (primary N) is 1. The van der Waals surface area contributed by atoms with Crippen LogP contribution in [0, 0.1) is 11.3 Å². The van der Waals surface area contributed by atoms with E-state index in [0.29, 0.717) is 18.2 Å². The van der Waals surface area contributed by atoms with E-state index in [1.807, 2.05) is 0 Å². The van der Waals surface area contributed by atoms with Gasteiger partial charge < -0.3 is 10.8 Å². The third-order valence-electron chi connectivity index (χ3n) is 3.76. The first-order valence-corrected chi connectivity index (χ1v) is 5.82. The predicted octanol–water partition coefficient (Wildman–Crippen LogP) is 1.28. The molecule has 1 fully saturated rings. The van der Waals surface area contributed by atoms with E-state index >= 15 is 0 Å². The summed E-state index contributed by atoms with van der Waals surface area (Å²) in [5.74, 6) is 0.639. The van der Waals surface area contributed by atoms with Gasteiger partial charge in [-0.2, -0.15) is 0 Å². The highest BCUT2D eigenvalue weighted by Crippen LogP contribution is 2.48. The van der Waals surface area contributed by atoms with Gasteiger partial charge in [0.05, 0.1) is 5.69 Å². The zero-order valence-electron chi connectivity index (χ0n) is 9.63. The van der Waals surface area contributed by atoms with Crippen molar-refractivity contribution in [2.24, 2.45) is 17.1 Å². The molecule has 1 aliphatic rings. The fraction of sp³-hybridized carbons (Fsp3) is 0.667. The Hall–Kier alpha value is -1.00. The van der Waals surface area contributed by atoms with Gasteiger partial charge in [0.2, 0.25) is 0 Å². The predicted molar refractivity (Wildman–Crippen MR) is 61.5 cm³/mol. The average Bonchev–Trinajstić information content (AvgIpc) is 2.72. The van der Waals surface area contributed by atoms with Gasteiger partial charge in [-0.15, -0.1) is 0 Å². The molecule has 1 aliphatic carbocycles. The van der Waals surface area contributed by atoms with E-state index in [0.717, 1.165) is 19.3 Å². The molecule has 16 heavy (non-hydrogen) atoms. The van der Waals surface area contributed by atoms with Crippen LogP contribution in [0.25, 0.3) is 0 Å². The largest absolute Gasteiger partial charge is 0.386 e. The van der Waals surface area contributed by atoms with Crippen LogP contribution in [-0.2, 0) is 0 Å². The lowest BCUT2D eigenvalue weighted by molar-refractivity contribution is 0.0274. The molecule has 0 aromatic carbocycles. The second-order valence-corrected chi connectivity index (χ2v) is 4.95. The minimum atomic E-state index is -0.564. The first kappa shape index (κ1) is 11.5. The van der Waals surface area contributed by atoms with E-state index in [1.165, 1.54) is 6.33 Å². The minimum absolute atomic E-state index is 0.187. The molecule has 0 aliphatic heterocycles. The van der Waals surface area contributed by atoms with Crippen molar-refractivity contribution in [2.45, 2.75) is 32.3 Å². The molecule has 88 valence electrons. The van der Waals surface area contributed by atoms with Gasteiger partial charge in [-0.25, -0.2) is 9.97 Å². The van der Waals surface area contributed by atoms with E-state index in [2.05, 4.69) is 16.9 Å². The van der Waals surface area contributed by atoms with E-state index in [-0.39, 0.29) is 5.41 Å². The highest BCUT2D eigenvalue weighted by atomic mass is 16.3. The van der Waals surface area contributed by atoms with Crippen LogP contribution in [0.1, 0.15) is 38.0 Å². The van der Waals surface area contributed by atoms with E-state index < -0.39 is 6.10 Å². The van der Waals surface area contributed by atoms with E-state index in [4.69, 9.17) is 5.73 Å². The van der Waals surface area contributed by atoms with Crippen LogP contribution in [0.5, 0.6) is 0 Å². The number of aliphatic hydroxyl groups is 1. The number of aromatic nitrogens is 2. The van der Waals surface area contributed by atoms with Gasteiger partial charge >= 0.3 is 0 Å². The Morgan fingerprint density at radius 2 is 2.50 bits per heavy atom. The Bertz CT molecular complexity index is 343. The lowest BCUT2D eigenvalue weighted by Gasteiger charge is -2.32. The SMILES string of the molecule is CC1CCC(CN)(C(O)c2ccncn2)C1. The Kier molecular flexibility index (Phi) is 3.21. The molecule has 1 heterocycles. The van der Waals surface area contributed by atoms with Crippen LogP contribution >= 0.6 is 0 Å². The summed E-state index contributed by atoms with van der Waals surface area (Å²) < 4.78 is 0. The quantitative estimate of drug-likeness (QED) is 0.806. The van der Waals surface area contributed by atoms with Gasteiger partial charge in [0, 0.05) is 18.2 Å². The molecule has 3 unspecified atom stereocenters. The Labute approximate surface area is 95.9 Å². The van der Waals surface area contributed by atoms with Crippen molar-refractivity contribution >= 4 is 0 Å². The lowest BCUT2D eigenvalue weighted by atomic mass is 9.78. The van der Waals surface area contributed by atoms with Crippen molar-refractivity contribution in [3.63, 3.8) is 0 Å². The molecule has 3 N–H and O–H groups in total. The first-order chi connectivity index (χ1) is 7.68. The summed E-state index contributed by atoms with van der Waals surface area (Å²) >= 11 is 0. The smallest absolute Gasteiger partial charge is 0.115 e. The summed E-state index contributed by atoms with van der Waals surface area (Å²) in [5.41, 5.74) is 6.37. The van der Waals surface area contributed by atoms with E-state index in [9.17, 15) is 5.11 Å². The van der Waals surface area contributed by atoms with Gasteiger partial charge in [-0.3, -0.25) is 0 Å². The Morgan fingerprint density at radius 1 is 1.69 bits per heavy atom. The van der Waals surface area contributed by atoms with Crippen molar-refractivity contribution < 1.29 is 5.11 Å². The van der Waals surface area contributed by atoms with Crippen LogP contribution in [0.2, 0.25) is 0 Å². The average molecular weight is 221 g/mol. The molecule has 1 saturated carbocycles. The zero-order chi connectivity index (χ0) is 11.6. The second-order valence-electron chi connectivity index (χ2n) is 4.95. The molecule has 0 saturated heterocycles. The third-order valence-corrected chi connectivity index (χ3v) is 3.76. The van der Waals surface area contributed by atoms with Crippen LogP contribution in [0.15, 0.2) is 18.6 Å². The van der Waals surface area contributed by atoms with Gasteiger partial charge in [-0.1, -0.05) is 13.3 Å². The summed E-state index contributed by atoms with van der Waals surface area (Å²) in [4.78, 5) is 7.99. The molecular formula is C12H19N3O. The topological polar surface area (TPSA) is 72.0 Å². The fourth-order valence-corrected chi connectivity index (χ4v) is 2.75. The third kappa shape index (κ3) is 1.95. The maximum atomic E-state index is 10.4. The summed E-state index contributed by atoms with van der Waals surface area (Å²) in [6, 6.07) is 1.77. The number of nitrogens with zero attached hydrogens (tertiary/aromatic N) is 2. The summed E-state index contributed by atoms with van der Waals surface area (Å²) in [5, 5.41) is 10.4. The molecular weight excluding hydrogens is 202 g/mol. The molecule has 0 spiro atoms. The van der Waals surface area contributed by atoms with Crippen molar-refractivity contribution in [2.75, 3.05) is 6.54 Å². The van der Waals surface area contributed by atoms with Crippen molar-refractivity contribution in [3.8, 4) is 0 Å². The number of aliphatic hydroxyl groups excluding tert-OH is 1. The summed E-state index contributed by atoms with van der Waals surface area (Å²) in [6.07, 6.45) is 5.67. The van der Waals surface area contributed by atoms with E-state index in [1.54, 1.807) is 12.3 Å². The summed E-state index contributed by atoms with van der Waals surface area (Å²) in [6.45, 7) is 2.73. The number of hydrogen-bond acceptors (Lipinski definition) is 4. The molecule has 4 nitrogen and oxygen atoms in total. The minimum Gasteiger partial charge on any atom is -0.386 e. The molecule has 4 heteroatoms. The normalized spacial score (nSPS) is 31.6. The molecule has 0 amide bonds. The molecule has 2 rings (SSSR count). The molecule has 0 radical (unpaired) electrons. The second kappa shape index (κ2) is 4.47. The number of hydrogen-bond donors (Lipinski definition) is 2. The maximum absolute atomic E-state index is 10.4. The Morgan fingerprint density at radius 3 is 3.00 bits per heavy atom. The van der Waals surface area contributed by atoms with Gasteiger partial charge in [0.15, 0.2) is 0 Å². The van der Waals surface area contributed by atoms with Gasteiger partial charge in [0.1, 0.15) is 12.4 Å². The van der Waals surface area contributed by atoms with Crippen LogP contribution in [0.4, 0.5) is 0 Å². The molecule has 1 aromatic rings. The monoisotopic (exact) mass is 221 g/mol. The highest BCUT2D eigenvalue weighted by molar-refractivity contribution is 5.09. The van der Waals surface area contributed by atoms with Crippen molar-refractivity contribution in [1.29, 1.82) is 0 Å². The molecule has 1 aromatic heterocycles. The van der Waals surface area contributed by atoms with Crippen LogP contribution in [-0.4, -0.2) is 21.6 Å². The summed E-state index contributed by atoms with van der Waals surface area (Å²) in [7, 11) is 0. The van der Waals surface area contributed by atoms with Crippen molar-refractivity contribution in [3.05, 3.63) is 24.3 Å². The highest BCUT2D eigenvalue weighted by Gasteiger charge is 2.43. The maximum Gasteiger partial charge on any atom is 0.115 e. The van der Waals surface area contributed by atoms with Crippen molar-refractivity contribution in [1.82, 2.24) is 9.97 Å². The lowest BCUT2D eigenvalue weighted by Crippen LogP contribution is -2.35. The molecule has 3 atom stereocenters. The Balaban J connectivity index is 2.22. The standard InChI is InChI=1S/C12H19N3O/c1-9-2-4-12(6-9,7-13)11(16)10-3-5-14-8-15-10/h3,5,8-9,11,16H,2,4,6-7,13H2,1H3. The fourth-order valence-electron chi connectivity index (χ4n) is 2.75.